The molecule has 0 N–H and O–H groups in total. The number of nitrogens with zero attached hydrogens (tertiary/aromatic N) is 1. The van der Waals surface area contributed by atoms with Crippen molar-refractivity contribution in [1.29, 1.82) is 0 Å². The van der Waals surface area contributed by atoms with Gasteiger partial charge in [-0.1, -0.05) is 38.1 Å². The Morgan fingerprint density at radius 2 is 1.90 bits per heavy atom. The van der Waals surface area contributed by atoms with Crippen LogP contribution in [0.1, 0.15) is 25.0 Å². The Bertz CT molecular complexity index is 536. The zero-order valence-electron chi connectivity index (χ0n) is 12.3. The molecule has 1 aromatic rings. The van der Waals surface area contributed by atoms with Crippen LogP contribution >= 0.6 is 7.29 Å². The number of carbonyl (C=O) groups is 1. The first kappa shape index (κ1) is 15.3. The normalized spacial score (nSPS) is 19.4. The number of benzene rings is 1. The van der Waals surface area contributed by atoms with Gasteiger partial charge in [-0.15, -0.1) is 0 Å². The van der Waals surface area contributed by atoms with Gasteiger partial charge in [-0.3, -0.25) is 4.79 Å². The smallest absolute Gasteiger partial charge is 0.323 e. The average molecular weight is 295 g/mol. The Morgan fingerprint density at radius 1 is 1.30 bits per heavy atom. The molecular weight excluding hydrogens is 273 g/mol. The van der Waals surface area contributed by atoms with E-state index in [1.165, 1.54) is 7.11 Å². The molecule has 0 aliphatic carbocycles. The Morgan fingerprint density at radius 3 is 2.45 bits per heavy atom. The van der Waals surface area contributed by atoms with Gasteiger partial charge in [-0.25, -0.2) is 4.67 Å². The number of rotatable bonds is 4. The summed E-state index contributed by atoms with van der Waals surface area (Å²) < 4.78 is 19.9. The van der Waals surface area contributed by atoms with E-state index in [0.717, 1.165) is 11.1 Å². The summed E-state index contributed by atoms with van der Waals surface area (Å²) in [5.41, 5.74) is 2.31. The molecule has 0 bridgehead atoms. The summed E-state index contributed by atoms with van der Waals surface area (Å²) in [6.45, 7) is 4.42. The van der Waals surface area contributed by atoms with E-state index in [2.05, 4.69) is 0 Å². The van der Waals surface area contributed by atoms with Gasteiger partial charge in [0.05, 0.1) is 7.11 Å². The largest absolute Gasteiger partial charge is 0.468 e. The highest BCUT2D eigenvalue weighted by molar-refractivity contribution is 7.61. The summed E-state index contributed by atoms with van der Waals surface area (Å²) in [6.07, 6.45) is 1.74. The minimum atomic E-state index is -2.50. The molecule has 1 aliphatic rings. The van der Waals surface area contributed by atoms with Gasteiger partial charge in [0.15, 0.2) is 7.29 Å². The molecule has 1 aromatic carbocycles. The lowest BCUT2D eigenvalue weighted by atomic mass is 9.96. The Hall–Kier alpha value is -1.12. The van der Waals surface area contributed by atoms with Crippen LogP contribution < -0.4 is 0 Å². The standard InChI is InChI=1S/C15H22NO3P/c1-4-20(18,5-2)16-11-13-9-7-6-8-12(13)10-14(16)15(17)19-3/h6-9,14H,4-5,10-11H2,1-3H3. The first-order valence-corrected chi connectivity index (χ1v) is 9.08. The molecule has 0 saturated carbocycles. The van der Waals surface area contributed by atoms with E-state index in [4.69, 9.17) is 4.74 Å². The van der Waals surface area contributed by atoms with Crippen molar-refractivity contribution in [2.24, 2.45) is 0 Å². The van der Waals surface area contributed by atoms with Crippen LogP contribution in [-0.4, -0.2) is 36.1 Å². The van der Waals surface area contributed by atoms with E-state index in [-0.39, 0.29) is 5.97 Å². The summed E-state index contributed by atoms with van der Waals surface area (Å²) in [4.78, 5) is 12.1. The highest BCUT2D eigenvalue weighted by Crippen LogP contribution is 2.52. The van der Waals surface area contributed by atoms with Crippen LogP contribution in [0.3, 0.4) is 0 Å². The second kappa shape index (κ2) is 6.11. The van der Waals surface area contributed by atoms with Gasteiger partial charge >= 0.3 is 5.97 Å². The Labute approximate surface area is 120 Å². The highest BCUT2D eigenvalue weighted by atomic mass is 31.2. The first-order chi connectivity index (χ1) is 9.55. The van der Waals surface area contributed by atoms with E-state index < -0.39 is 13.3 Å². The van der Waals surface area contributed by atoms with Crippen molar-refractivity contribution in [1.82, 2.24) is 4.67 Å². The van der Waals surface area contributed by atoms with E-state index in [0.29, 0.717) is 25.3 Å². The zero-order chi connectivity index (χ0) is 14.8. The van der Waals surface area contributed by atoms with Gasteiger partial charge in [0, 0.05) is 18.9 Å². The maximum Gasteiger partial charge on any atom is 0.323 e. The Kier molecular flexibility index (Phi) is 4.66. The van der Waals surface area contributed by atoms with Crippen molar-refractivity contribution in [3.63, 3.8) is 0 Å². The van der Waals surface area contributed by atoms with Crippen molar-refractivity contribution >= 4 is 13.3 Å². The number of ether oxygens (including phenoxy) is 1. The van der Waals surface area contributed by atoms with Crippen molar-refractivity contribution < 1.29 is 14.1 Å². The minimum Gasteiger partial charge on any atom is -0.468 e. The van der Waals surface area contributed by atoms with E-state index in [1.807, 2.05) is 42.8 Å². The average Bonchev–Trinajstić information content (AvgIpc) is 2.52. The molecule has 1 unspecified atom stereocenters. The number of hydrogen-bond acceptors (Lipinski definition) is 3. The summed E-state index contributed by atoms with van der Waals surface area (Å²) in [6, 6.07) is 7.61. The molecule has 110 valence electrons. The van der Waals surface area contributed by atoms with Gasteiger partial charge in [-0.05, 0) is 17.5 Å². The monoisotopic (exact) mass is 295 g/mol. The predicted octanol–water partition coefficient (Wildman–Crippen LogP) is 2.90. The summed E-state index contributed by atoms with van der Waals surface area (Å²) in [5.74, 6) is -0.290. The van der Waals surface area contributed by atoms with Crippen LogP contribution in [0.5, 0.6) is 0 Å². The van der Waals surface area contributed by atoms with E-state index in [1.54, 1.807) is 0 Å². The van der Waals surface area contributed by atoms with Crippen molar-refractivity contribution in [3.05, 3.63) is 35.4 Å². The second-order valence-corrected chi connectivity index (χ2v) is 8.56. The van der Waals surface area contributed by atoms with Crippen LogP contribution in [0.25, 0.3) is 0 Å². The molecule has 2 rings (SSSR count). The lowest BCUT2D eigenvalue weighted by Gasteiger charge is -2.39. The molecule has 0 fully saturated rings. The second-order valence-electron chi connectivity index (χ2n) is 5.09. The molecule has 1 heterocycles. The fraction of sp³-hybridized carbons (Fsp3) is 0.533. The van der Waals surface area contributed by atoms with E-state index >= 15 is 0 Å². The summed E-state index contributed by atoms with van der Waals surface area (Å²) in [5, 5.41) is 0. The van der Waals surface area contributed by atoms with Crippen LogP contribution in [0.15, 0.2) is 24.3 Å². The van der Waals surface area contributed by atoms with E-state index in [9.17, 15) is 9.36 Å². The molecule has 1 aliphatic heterocycles. The van der Waals surface area contributed by atoms with Gasteiger partial charge in [0.25, 0.3) is 0 Å². The lowest BCUT2D eigenvalue weighted by molar-refractivity contribution is -0.145. The third-order valence-corrected chi connectivity index (χ3v) is 7.49. The first-order valence-electron chi connectivity index (χ1n) is 7.05. The SMILES string of the molecule is CCP(=O)(CC)N1Cc2ccccc2CC1C(=O)OC. The quantitative estimate of drug-likeness (QED) is 0.633. The van der Waals surface area contributed by atoms with Crippen LogP contribution in [0.2, 0.25) is 0 Å². The minimum absolute atomic E-state index is 0.290. The maximum atomic E-state index is 13.1. The molecule has 4 nitrogen and oxygen atoms in total. The number of esters is 1. The topological polar surface area (TPSA) is 46.6 Å². The highest BCUT2D eigenvalue weighted by Gasteiger charge is 2.40. The fourth-order valence-corrected chi connectivity index (χ4v) is 5.09. The maximum absolute atomic E-state index is 13.1. The van der Waals surface area contributed by atoms with Crippen LogP contribution in [0.4, 0.5) is 0 Å². The fourth-order valence-electron chi connectivity index (χ4n) is 2.82. The van der Waals surface area contributed by atoms with Crippen molar-refractivity contribution in [3.8, 4) is 0 Å². The summed E-state index contributed by atoms with van der Waals surface area (Å²) >= 11 is 0. The predicted molar refractivity (Wildman–Crippen MR) is 80.2 cm³/mol. The van der Waals surface area contributed by atoms with Crippen molar-refractivity contribution in [2.45, 2.75) is 32.9 Å². The summed E-state index contributed by atoms with van der Waals surface area (Å²) in [7, 11) is -1.11. The molecule has 5 heteroatoms. The van der Waals surface area contributed by atoms with Crippen molar-refractivity contribution in [2.75, 3.05) is 19.4 Å². The molecular formula is C15H22NO3P. The third kappa shape index (κ3) is 2.68. The number of methoxy groups -OCH3 is 1. The number of hydrogen-bond donors (Lipinski definition) is 0. The molecule has 0 aromatic heterocycles. The number of carbonyl (C=O) groups excluding carboxylic acids is 1. The van der Waals surface area contributed by atoms with Gasteiger partial charge in [-0.2, -0.15) is 0 Å². The van der Waals surface area contributed by atoms with Crippen LogP contribution in [0, 0.1) is 0 Å². The van der Waals surface area contributed by atoms with Gasteiger partial charge in [0.1, 0.15) is 6.04 Å². The van der Waals surface area contributed by atoms with Crippen LogP contribution in [-0.2, 0) is 27.1 Å². The van der Waals surface area contributed by atoms with Gasteiger partial charge < -0.3 is 9.30 Å². The molecule has 0 radical (unpaired) electrons. The third-order valence-electron chi connectivity index (χ3n) is 4.15. The molecule has 0 saturated heterocycles. The Balaban J connectivity index is 2.42. The molecule has 1 atom stereocenters. The van der Waals surface area contributed by atoms with Gasteiger partial charge in [0.2, 0.25) is 0 Å². The molecule has 0 amide bonds. The molecule has 20 heavy (non-hydrogen) atoms. The number of fused-ring (bicyclic) bond motifs is 1. The lowest BCUT2D eigenvalue weighted by Crippen LogP contribution is -2.44. The molecule has 0 spiro atoms. The zero-order valence-corrected chi connectivity index (χ0v) is 13.2.